The summed E-state index contributed by atoms with van der Waals surface area (Å²) >= 11 is 1.97. The summed E-state index contributed by atoms with van der Waals surface area (Å²) in [6.07, 6.45) is 2.07. The second-order valence-electron chi connectivity index (χ2n) is 3.51. The fraction of sp³-hybridized carbons (Fsp3) is 0.889. The first-order chi connectivity index (χ1) is 6.83. The average molecular weight is 217 g/mol. The molecule has 1 heterocycles. The van der Waals surface area contributed by atoms with Gasteiger partial charge in [0.2, 0.25) is 0 Å². The minimum Gasteiger partial charge on any atom is -0.338 e. The Balaban J connectivity index is 1.96. The third-order valence-corrected chi connectivity index (χ3v) is 3.47. The van der Waals surface area contributed by atoms with Gasteiger partial charge in [-0.05, 0) is 36.8 Å². The van der Waals surface area contributed by atoms with Crippen LogP contribution in [0, 0.1) is 5.92 Å². The number of nitrogens with one attached hydrogen (secondary N) is 2. The van der Waals surface area contributed by atoms with Gasteiger partial charge in [0.25, 0.3) is 0 Å². The molecule has 2 amide bonds. The van der Waals surface area contributed by atoms with Crippen LogP contribution in [0.25, 0.3) is 0 Å². The molecule has 0 spiro atoms. The van der Waals surface area contributed by atoms with E-state index in [0.717, 1.165) is 13.0 Å². The maximum absolute atomic E-state index is 11.2. The van der Waals surface area contributed by atoms with E-state index in [2.05, 4.69) is 10.6 Å². The molecule has 5 heteroatoms. The normalized spacial score (nSPS) is 20.8. The van der Waals surface area contributed by atoms with Crippen LogP contribution in [-0.2, 0) is 0 Å². The van der Waals surface area contributed by atoms with Crippen molar-refractivity contribution in [3.05, 3.63) is 0 Å². The number of carbonyl (C=O) groups is 1. The molecule has 1 atom stereocenters. The average Bonchev–Trinajstić information content (AvgIpc) is 2.68. The first-order valence-corrected chi connectivity index (χ1v) is 6.28. The summed E-state index contributed by atoms with van der Waals surface area (Å²) in [5.41, 5.74) is 5.31. The van der Waals surface area contributed by atoms with E-state index in [1.807, 2.05) is 11.8 Å². The van der Waals surface area contributed by atoms with Gasteiger partial charge in [-0.2, -0.15) is 11.8 Å². The molecule has 1 fully saturated rings. The minimum atomic E-state index is -0.0599. The van der Waals surface area contributed by atoms with Gasteiger partial charge in [-0.15, -0.1) is 0 Å². The first kappa shape index (κ1) is 11.7. The predicted octanol–water partition coefficient (Wildman–Crippen LogP) is 0.387. The highest BCUT2D eigenvalue weighted by Crippen LogP contribution is 2.22. The summed E-state index contributed by atoms with van der Waals surface area (Å²) < 4.78 is 0. The molecule has 1 saturated heterocycles. The monoisotopic (exact) mass is 217 g/mol. The van der Waals surface area contributed by atoms with E-state index in [4.69, 9.17) is 5.73 Å². The van der Waals surface area contributed by atoms with Crippen LogP contribution < -0.4 is 16.4 Å². The highest BCUT2D eigenvalue weighted by molar-refractivity contribution is 7.99. The van der Waals surface area contributed by atoms with Crippen molar-refractivity contribution < 1.29 is 4.79 Å². The molecular formula is C9H19N3OS. The number of urea groups is 1. The fourth-order valence-corrected chi connectivity index (χ4v) is 2.63. The van der Waals surface area contributed by atoms with Gasteiger partial charge in [0.1, 0.15) is 0 Å². The molecule has 0 aromatic rings. The topological polar surface area (TPSA) is 67.1 Å². The van der Waals surface area contributed by atoms with Crippen molar-refractivity contribution in [2.24, 2.45) is 11.7 Å². The highest BCUT2D eigenvalue weighted by atomic mass is 32.2. The third kappa shape index (κ3) is 4.72. The van der Waals surface area contributed by atoms with Crippen molar-refractivity contribution >= 4 is 17.8 Å². The quantitative estimate of drug-likeness (QED) is 0.584. The zero-order chi connectivity index (χ0) is 10.2. The smallest absolute Gasteiger partial charge is 0.314 e. The molecule has 4 N–H and O–H groups in total. The van der Waals surface area contributed by atoms with Crippen LogP contribution in [0.4, 0.5) is 4.79 Å². The molecule has 1 aliphatic heterocycles. The minimum absolute atomic E-state index is 0.0599. The lowest BCUT2D eigenvalue weighted by atomic mass is 10.1. The summed E-state index contributed by atoms with van der Waals surface area (Å²) in [6, 6.07) is -0.0599. The summed E-state index contributed by atoms with van der Waals surface area (Å²) in [4.78, 5) is 11.2. The Kier molecular flexibility index (Phi) is 5.78. The maximum Gasteiger partial charge on any atom is 0.314 e. The molecule has 0 aromatic carbocycles. The largest absolute Gasteiger partial charge is 0.338 e. The first-order valence-electron chi connectivity index (χ1n) is 5.12. The molecule has 0 bridgehead atoms. The number of carbonyl (C=O) groups excluding carboxylic acids is 1. The second-order valence-corrected chi connectivity index (χ2v) is 4.66. The molecule has 0 radical (unpaired) electrons. The predicted molar refractivity (Wildman–Crippen MR) is 60.5 cm³/mol. The Morgan fingerprint density at radius 3 is 3.00 bits per heavy atom. The van der Waals surface area contributed by atoms with Gasteiger partial charge >= 0.3 is 6.03 Å². The Morgan fingerprint density at radius 2 is 2.36 bits per heavy atom. The Hall–Kier alpha value is -0.420. The van der Waals surface area contributed by atoms with Crippen molar-refractivity contribution in [1.82, 2.24) is 10.6 Å². The van der Waals surface area contributed by atoms with E-state index in [1.54, 1.807) is 0 Å². The standard InChI is InChI=1S/C9H19N3OS/c10-3-1-4-11-9(13)12-6-8-2-5-14-7-8/h8H,1-7,10H2,(H2,11,12,13). The van der Waals surface area contributed by atoms with E-state index in [1.165, 1.54) is 17.9 Å². The zero-order valence-electron chi connectivity index (χ0n) is 8.42. The molecule has 1 rings (SSSR count). The van der Waals surface area contributed by atoms with Crippen LogP contribution in [0.3, 0.4) is 0 Å². The van der Waals surface area contributed by atoms with Crippen LogP contribution in [0.2, 0.25) is 0 Å². The number of hydrogen-bond acceptors (Lipinski definition) is 3. The van der Waals surface area contributed by atoms with E-state index < -0.39 is 0 Å². The van der Waals surface area contributed by atoms with Gasteiger partial charge in [0, 0.05) is 13.1 Å². The van der Waals surface area contributed by atoms with Gasteiger partial charge in [-0.3, -0.25) is 0 Å². The van der Waals surface area contributed by atoms with Gasteiger partial charge in [0.05, 0.1) is 0 Å². The van der Waals surface area contributed by atoms with E-state index in [9.17, 15) is 4.79 Å². The van der Waals surface area contributed by atoms with Crippen LogP contribution in [0.15, 0.2) is 0 Å². The molecule has 1 unspecified atom stereocenters. The molecule has 14 heavy (non-hydrogen) atoms. The number of hydrogen-bond donors (Lipinski definition) is 3. The van der Waals surface area contributed by atoms with Gasteiger partial charge in [-0.1, -0.05) is 0 Å². The molecule has 4 nitrogen and oxygen atoms in total. The number of thioether (sulfide) groups is 1. The fourth-order valence-electron chi connectivity index (χ4n) is 1.35. The second kappa shape index (κ2) is 6.95. The molecular weight excluding hydrogens is 198 g/mol. The Bertz CT molecular complexity index is 171. The molecule has 82 valence electrons. The van der Waals surface area contributed by atoms with Crippen molar-refractivity contribution in [3.8, 4) is 0 Å². The van der Waals surface area contributed by atoms with Crippen molar-refractivity contribution in [1.29, 1.82) is 0 Å². The number of rotatable bonds is 5. The van der Waals surface area contributed by atoms with E-state index in [0.29, 0.717) is 19.0 Å². The molecule has 0 saturated carbocycles. The summed E-state index contributed by atoms with van der Waals surface area (Å²) in [5.74, 6) is 3.09. The third-order valence-electron chi connectivity index (χ3n) is 2.24. The maximum atomic E-state index is 11.2. The zero-order valence-corrected chi connectivity index (χ0v) is 9.24. The lowest BCUT2D eigenvalue weighted by Gasteiger charge is -2.10. The molecule has 0 aliphatic carbocycles. The molecule has 1 aliphatic rings. The summed E-state index contributed by atoms with van der Waals surface area (Å²) in [7, 11) is 0. The number of nitrogens with two attached hydrogens (primary N) is 1. The van der Waals surface area contributed by atoms with Crippen LogP contribution in [-0.4, -0.2) is 37.2 Å². The Morgan fingerprint density at radius 1 is 1.50 bits per heavy atom. The van der Waals surface area contributed by atoms with Gasteiger partial charge < -0.3 is 16.4 Å². The van der Waals surface area contributed by atoms with Crippen molar-refractivity contribution in [2.45, 2.75) is 12.8 Å². The lowest BCUT2D eigenvalue weighted by Crippen LogP contribution is -2.39. The van der Waals surface area contributed by atoms with E-state index >= 15 is 0 Å². The van der Waals surface area contributed by atoms with Crippen LogP contribution in [0.1, 0.15) is 12.8 Å². The van der Waals surface area contributed by atoms with Gasteiger partial charge in [0.15, 0.2) is 0 Å². The SMILES string of the molecule is NCCCNC(=O)NCC1CCSC1. The van der Waals surface area contributed by atoms with Crippen molar-refractivity contribution in [3.63, 3.8) is 0 Å². The van der Waals surface area contributed by atoms with Crippen LogP contribution >= 0.6 is 11.8 Å². The van der Waals surface area contributed by atoms with Crippen molar-refractivity contribution in [2.75, 3.05) is 31.1 Å². The molecule has 0 aromatic heterocycles. The number of amides is 2. The van der Waals surface area contributed by atoms with Gasteiger partial charge in [-0.25, -0.2) is 4.79 Å². The highest BCUT2D eigenvalue weighted by Gasteiger charge is 2.15. The van der Waals surface area contributed by atoms with E-state index in [-0.39, 0.29) is 6.03 Å². The summed E-state index contributed by atoms with van der Waals surface area (Å²) in [6.45, 7) is 2.10. The van der Waals surface area contributed by atoms with Crippen LogP contribution in [0.5, 0.6) is 0 Å². The summed E-state index contributed by atoms with van der Waals surface area (Å²) in [5, 5.41) is 5.65. The lowest BCUT2D eigenvalue weighted by molar-refractivity contribution is 0.239. The Labute approximate surface area is 89.4 Å².